The number of carbonyl (C=O) groups excluding carboxylic acids is 2. The lowest BCUT2D eigenvalue weighted by molar-refractivity contribution is -0.126. The van der Waals surface area contributed by atoms with Crippen molar-refractivity contribution in [2.24, 2.45) is 5.92 Å². The average molecular weight is 430 g/mol. The summed E-state index contributed by atoms with van der Waals surface area (Å²) in [4.78, 5) is 34.3. The number of ether oxygens (including phenoxy) is 1. The molecule has 0 aliphatic carbocycles. The molecular formula is C25H22N2O5. The minimum atomic E-state index is -0.951. The number of amides is 2. The van der Waals surface area contributed by atoms with Crippen LogP contribution in [0.1, 0.15) is 17.2 Å². The van der Waals surface area contributed by atoms with Gasteiger partial charge in [0.1, 0.15) is 5.92 Å². The van der Waals surface area contributed by atoms with Gasteiger partial charge in [-0.2, -0.15) is 0 Å². The van der Waals surface area contributed by atoms with Gasteiger partial charge in [0.15, 0.2) is 17.6 Å². The van der Waals surface area contributed by atoms with Crippen molar-refractivity contribution in [1.29, 1.82) is 0 Å². The van der Waals surface area contributed by atoms with Crippen LogP contribution in [0.4, 0.5) is 11.4 Å². The minimum Gasteiger partial charge on any atom is -0.504 e. The van der Waals surface area contributed by atoms with Crippen molar-refractivity contribution in [3.05, 3.63) is 83.9 Å². The van der Waals surface area contributed by atoms with E-state index in [4.69, 9.17) is 9.57 Å². The molecule has 2 aliphatic heterocycles. The summed E-state index contributed by atoms with van der Waals surface area (Å²) >= 11 is 0. The number of nitrogens with zero attached hydrogens (tertiary/aromatic N) is 2. The number of imide groups is 1. The maximum atomic E-state index is 13.6. The molecule has 7 nitrogen and oxygen atoms in total. The Kier molecular flexibility index (Phi) is 4.83. The third-order valence-corrected chi connectivity index (χ3v) is 5.93. The number of para-hydroxylation sites is 1. The molecule has 3 aromatic carbocycles. The maximum Gasteiger partial charge on any atom is 0.266 e. The molecule has 2 saturated heterocycles. The molecule has 0 saturated carbocycles. The fraction of sp³-hybridized carbons (Fsp3) is 0.200. The number of fused-ring (bicyclic) bond motifs is 1. The predicted molar refractivity (Wildman–Crippen MR) is 118 cm³/mol. The second-order valence-corrected chi connectivity index (χ2v) is 7.94. The van der Waals surface area contributed by atoms with Crippen LogP contribution in [-0.4, -0.2) is 30.1 Å². The summed E-state index contributed by atoms with van der Waals surface area (Å²) in [6.07, 6.45) is -0.951. The van der Waals surface area contributed by atoms with Gasteiger partial charge in [-0.05, 0) is 54.4 Å². The first kappa shape index (κ1) is 20.1. The Morgan fingerprint density at radius 2 is 1.66 bits per heavy atom. The van der Waals surface area contributed by atoms with Crippen LogP contribution in [0.5, 0.6) is 11.5 Å². The zero-order chi connectivity index (χ0) is 22.4. The molecule has 32 heavy (non-hydrogen) atoms. The van der Waals surface area contributed by atoms with E-state index in [9.17, 15) is 14.7 Å². The molecule has 2 amide bonds. The average Bonchev–Trinajstić information content (AvgIpc) is 3.31. The lowest BCUT2D eigenvalue weighted by Crippen LogP contribution is -2.37. The lowest BCUT2D eigenvalue weighted by atomic mass is 9.90. The van der Waals surface area contributed by atoms with Crippen molar-refractivity contribution in [3.63, 3.8) is 0 Å². The minimum absolute atomic E-state index is 0.00631. The van der Waals surface area contributed by atoms with Gasteiger partial charge >= 0.3 is 0 Å². The van der Waals surface area contributed by atoms with E-state index in [0.717, 1.165) is 11.3 Å². The number of phenols is 1. The zero-order valence-corrected chi connectivity index (χ0v) is 17.6. The molecule has 2 fully saturated rings. The third kappa shape index (κ3) is 3.09. The van der Waals surface area contributed by atoms with Crippen LogP contribution in [0.2, 0.25) is 0 Å². The summed E-state index contributed by atoms with van der Waals surface area (Å²) in [7, 11) is 1.46. The van der Waals surface area contributed by atoms with Crippen LogP contribution in [-0.2, 0) is 14.4 Å². The highest BCUT2D eigenvalue weighted by Gasteiger charge is 2.60. The van der Waals surface area contributed by atoms with Crippen LogP contribution in [0.3, 0.4) is 0 Å². The van der Waals surface area contributed by atoms with Gasteiger partial charge in [-0.3, -0.25) is 14.4 Å². The predicted octanol–water partition coefficient (Wildman–Crippen LogP) is 3.76. The second kappa shape index (κ2) is 7.69. The fourth-order valence-electron chi connectivity index (χ4n) is 4.45. The number of carbonyl (C=O) groups is 2. The highest BCUT2D eigenvalue weighted by atomic mass is 16.7. The van der Waals surface area contributed by atoms with Gasteiger partial charge in [0, 0.05) is 0 Å². The van der Waals surface area contributed by atoms with E-state index in [2.05, 4.69) is 0 Å². The van der Waals surface area contributed by atoms with Crippen molar-refractivity contribution >= 4 is 23.2 Å². The first-order valence-corrected chi connectivity index (χ1v) is 10.3. The largest absolute Gasteiger partial charge is 0.504 e. The molecule has 2 heterocycles. The number of anilines is 2. The summed E-state index contributed by atoms with van der Waals surface area (Å²) in [6.45, 7) is 1.91. The molecule has 162 valence electrons. The Balaban J connectivity index is 1.61. The van der Waals surface area contributed by atoms with Gasteiger partial charge in [0.05, 0.1) is 24.5 Å². The normalized spacial score (nSPS) is 22.4. The highest BCUT2D eigenvalue weighted by molar-refractivity contribution is 6.24. The van der Waals surface area contributed by atoms with Crippen molar-refractivity contribution in [2.75, 3.05) is 17.1 Å². The SMILES string of the molecule is COc1cc([C@H]2[C@H]3C(=O)N(c4cccc(C)c4)C(=O)[C@H]3ON2c2ccccc2)ccc1O. The van der Waals surface area contributed by atoms with E-state index < -0.39 is 18.1 Å². The summed E-state index contributed by atoms with van der Waals surface area (Å²) in [5.41, 5.74) is 2.91. The standard InChI is InChI=1S/C25H22N2O5/c1-15-7-6-10-18(13-15)26-24(29)21-22(16-11-12-19(28)20(14-16)31-2)27(32-23(21)25(26)30)17-8-4-3-5-9-17/h3-14,21-23,28H,1-2H3/t21-,22+,23+/m1/s1. The van der Waals surface area contributed by atoms with E-state index in [1.807, 2.05) is 55.5 Å². The smallest absolute Gasteiger partial charge is 0.266 e. The molecule has 3 atom stereocenters. The topological polar surface area (TPSA) is 79.3 Å². The summed E-state index contributed by atoms with van der Waals surface area (Å²) < 4.78 is 5.28. The molecule has 0 bridgehead atoms. The number of hydrogen-bond donors (Lipinski definition) is 1. The molecule has 0 aromatic heterocycles. The van der Waals surface area contributed by atoms with Gasteiger partial charge in [0.25, 0.3) is 5.91 Å². The van der Waals surface area contributed by atoms with Gasteiger partial charge < -0.3 is 9.84 Å². The van der Waals surface area contributed by atoms with E-state index in [-0.39, 0.29) is 23.3 Å². The fourth-order valence-corrected chi connectivity index (χ4v) is 4.45. The first-order valence-electron chi connectivity index (χ1n) is 10.3. The molecule has 0 spiro atoms. The first-order chi connectivity index (χ1) is 15.5. The number of phenolic OH excluding ortho intramolecular Hbond substituents is 1. The van der Waals surface area contributed by atoms with Crippen LogP contribution < -0.4 is 14.7 Å². The van der Waals surface area contributed by atoms with Crippen LogP contribution in [0.25, 0.3) is 0 Å². The number of rotatable bonds is 4. The number of hydrogen-bond acceptors (Lipinski definition) is 6. The quantitative estimate of drug-likeness (QED) is 0.635. The molecular weight excluding hydrogens is 408 g/mol. The number of aryl methyl sites for hydroxylation is 1. The van der Waals surface area contributed by atoms with Crippen molar-refractivity contribution in [2.45, 2.75) is 19.1 Å². The highest BCUT2D eigenvalue weighted by Crippen LogP contribution is 2.48. The van der Waals surface area contributed by atoms with E-state index in [1.165, 1.54) is 18.1 Å². The van der Waals surface area contributed by atoms with Gasteiger partial charge in [-0.25, -0.2) is 9.96 Å². The van der Waals surface area contributed by atoms with Crippen LogP contribution >= 0.6 is 0 Å². The molecule has 0 unspecified atom stereocenters. The Labute approximate surface area is 185 Å². The second-order valence-electron chi connectivity index (χ2n) is 7.94. The maximum absolute atomic E-state index is 13.6. The Hall–Kier alpha value is -3.84. The van der Waals surface area contributed by atoms with Crippen LogP contribution in [0, 0.1) is 12.8 Å². The van der Waals surface area contributed by atoms with Crippen molar-refractivity contribution in [1.82, 2.24) is 0 Å². The summed E-state index contributed by atoms with van der Waals surface area (Å²) in [6, 6.07) is 21.0. The van der Waals surface area contributed by atoms with Gasteiger partial charge in [-0.15, -0.1) is 0 Å². The van der Waals surface area contributed by atoms with E-state index >= 15 is 0 Å². The van der Waals surface area contributed by atoms with Gasteiger partial charge in [0.2, 0.25) is 5.91 Å². The number of hydroxylamine groups is 1. The zero-order valence-electron chi connectivity index (χ0n) is 17.6. The number of aromatic hydroxyl groups is 1. The third-order valence-electron chi connectivity index (χ3n) is 5.93. The molecule has 1 N–H and O–H groups in total. The molecule has 0 radical (unpaired) electrons. The molecule has 3 aromatic rings. The van der Waals surface area contributed by atoms with E-state index in [1.54, 1.807) is 23.3 Å². The molecule has 7 heteroatoms. The van der Waals surface area contributed by atoms with E-state index in [0.29, 0.717) is 11.3 Å². The number of benzene rings is 3. The monoisotopic (exact) mass is 430 g/mol. The van der Waals surface area contributed by atoms with Crippen molar-refractivity contribution < 1.29 is 24.3 Å². The number of methoxy groups -OCH3 is 1. The molecule has 5 rings (SSSR count). The Morgan fingerprint density at radius 3 is 2.38 bits per heavy atom. The Bertz CT molecular complexity index is 1200. The summed E-state index contributed by atoms with van der Waals surface area (Å²) in [5.74, 6) is -1.18. The van der Waals surface area contributed by atoms with Gasteiger partial charge in [-0.1, -0.05) is 36.4 Å². The summed E-state index contributed by atoms with van der Waals surface area (Å²) in [5, 5.41) is 11.7. The van der Waals surface area contributed by atoms with Crippen LogP contribution in [0.15, 0.2) is 72.8 Å². The lowest BCUT2D eigenvalue weighted by Gasteiger charge is -2.29. The van der Waals surface area contributed by atoms with Crippen molar-refractivity contribution in [3.8, 4) is 11.5 Å². The Morgan fingerprint density at radius 1 is 0.906 bits per heavy atom. The molecule has 2 aliphatic rings.